The molecule has 0 amide bonds. The third-order valence-electron chi connectivity index (χ3n) is 10.6. The number of nitrogens with one attached hydrogen (secondary N) is 2. The third-order valence-corrected chi connectivity index (χ3v) is 14.0. The monoisotopic (exact) mass is 786 g/mol. The number of benzene rings is 6. The van der Waals surface area contributed by atoms with Gasteiger partial charge in [-0.25, -0.2) is 16.8 Å². The summed E-state index contributed by atoms with van der Waals surface area (Å²) in [6.07, 6.45) is 11.0. The molecule has 0 radical (unpaired) electrons. The predicted molar refractivity (Wildman–Crippen MR) is 228 cm³/mol. The Hall–Kier alpha value is -6.62. The molecule has 2 N–H and O–H groups in total. The second-order valence-electron chi connectivity index (χ2n) is 14.0. The van der Waals surface area contributed by atoms with Crippen molar-refractivity contribution >= 4 is 54.0 Å². The minimum atomic E-state index is -3.72. The number of para-hydroxylation sites is 2. The van der Waals surface area contributed by atoms with Crippen molar-refractivity contribution in [3.8, 4) is 0 Å². The molecule has 0 fully saturated rings. The molecule has 6 aromatic carbocycles. The lowest BCUT2D eigenvalue weighted by atomic mass is 9.92. The van der Waals surface area contributed by atoms with Crippen LogP contribution in [0.4, 0.5) is 0 Å². The minimum absolute atomic E-state index is 0.0425. The van der Waals surface area contributed by atoms with E-state index >= 15 is 0 Å². The van der Waals surface area contributed by atoms with Crippen LogP contribution in [0.3, 0.4) is 0 Å². The Morgan fingerprint density at radius 2 is 0.895 bits per heavy atom. The van der Waals surface area contributed by atoms with Crippen LogP contribution in [0.2, 0.25) is 0 Å². The van der Waals surface area contributed by atoms with Crippen LogP contribution in [0, 0.1) is 0 Å². The minimum Gasteiger partial charge on any atom is -0.361 e. The summed E-state index contributed by atoms with van der Waals surface area (Å²) in [7, 11) is -7.31. The number of rotatable bonds is 7. The average Bonchev–Trinajstić information content (AvgIpc) is 3.88. The van der Waals surface area contributed by atoms with Gasteiger partial charge in [0, 0.05) is 57.7 Å². The maximum absolute atomic E-state index is 13.5. The zero-order chi connectivity index (χ0) is 39.0. The van der Waals surface area contributed by atoms with Gasteiger partial charge in [0.15, 0.2) is 0 Å². The summed E-state index contributed by atoms with van der Waals surface area (Å²) in [5, 5.41) is 2.05. The average molecular weight is 787 g/mol. The van der Waals surface area contributed by atoms with E-state index in [1.165, 1.54) is 8.61 Å². The van der Waals surface area contributed by atoms with Crippen LogP contribution in [0.5, 0.6) is 0 Å². The number of hydrogen-bond donors (Lipinski definition) is 2. The maximum Gasteiger partial charge on any atom is 0.264 e. The zero-order valence-corrected chi connectivity index (χ0v) is 32.3. The van der Waals surface area contributed by atoms with Crippen molar-refractivity contribution in [1.82, 2.24) is 18.6 Å². The number of sulfonamides is 2. The number of nitrogens with zero attached hydrogens (tertiary/aromatic N) is 2. The molecule has 282 valence electrons. The van der Waals surface area contributed by atoms with E-state index in [-0.39, 0.29) is 10.6 Å². The highest BCUT2D eigenvalue weighted by Crippen LogP contribution is 2.43. The van der Waals surface area contributed by atoms with Gasteiger partial charge in [0.2, 0.25) is 10.0 Å². The van der Waals surface area contributed by atoms with Crippen molar-refractivity contribution < 1.29 is 16.8 Å². The number of aromatic amines is 2. The highest BCUT2D eigenvalue weighted by molar-refractivity contribution is 7.89. The molecule has 2 aliphatic heterocycles. The van der Waals surface area contributed by atoms with Gasteiger partial charge in [0.1, 0.15) is 0 Å². The Bertz CT molecular complexity index is 3010. The molecule has 0 bridgehead atoms. The second-order valence-corrected chi connectivity index (χ2v) is 17.7. The van der Waals surface area contributed by atoms with Crippen molar-refractivity contribution in [2.45, 2.75) is 22.7 Å². The summed E-state index contributed by atoms with van der Waals surface area (Å²) >= 11 is 0. The Balaban J connectivity index is 0.000000148. The lowest BCUT2D eigenvalue weighted by molar-refractivity contribution is 0.447. The molecule has 0 spiro atoms. The van der Waals surface area contributed by atoms with E-state index in [4.69, 9.17) is 0 Å². The van der Waals surface area contributed by atoms with Crippen molar-refractivity contribution in [2.24, 2.45) is 0 Å². The van der Waals surface area contributed by atoms with Crippen LogP contribution in [-0.2, 0) is 25.8 Å². The summed E-state index contributed by atoms with van der Waals surface area (Å²) in [6.45, 7) is 0. The first-order valence-electron chi connectivity index (χ1n) is 18.6. The van der Waals surface area contributed by atoms with Gasteiger partial charge in [0.25, 0.3) is 10.0 Å². The SMILES string of the molecule is O=S(=O)(Cc1ccccc1)N1C=Cc2ccccc2C1c1c[nH]c2ccccc12.O=S(=O)(c1ccccc1)N1C=Cc2ccccc2C1c1c[nH]c2ccccc12. The van der Waals surface area contributed by atoms with E-state index in [9.17, 15) is 16.8 Å². The van der Waals surface area contributed by atoms with Crippen LogP contribution in [0.15, 0.2) is 187 Å². The predicted octanol–water partition coefficient (Wildman–Crippen LogP) is 10.0. The van der Waals surface area contributed by atoms with Gasteiger partial charge in [-0.1, -0.05) is 133 Å². The number of fused-ring (bicyclic) bond motifs is 4. The molecule has 2 aliphatic rings. The fourth-order valence-corrected chi connectivity index (χ4v) is 10.9. The van der Waals surface area contributed by atoms with Crippen molar-refractivity contribution in [2.75, 3.05) is 0 Å². The first kappa shape index (κ1) is 36.0. The lowest BCUT2D eigenvalue weighted by Crippen LogP contribution is -2.34. The molecule has 2 aromatic heterocycles. The Morgan fingerprint density at radius 1 is 0.456 bits per heavy atom. The highest BCUT2D eigenvalue weighted by atomic mass is 32.2. The fourth-order valence-electron chi connectivity index (χ4n) is 7.87. The Labute approximate surface area is 332 Å². The van der Waals surface area contributed by atoms with Gasteiger partial charge in [-0.05, 0) is 64.2 Å². The molecule has 2 unspecified atom stereocenters. The van der Waals surface area contributed by atoms with Gasteiger partial charge in [-0.3, -0.25) is 8.61 Å². The quantitative estimate of drug-likeness (QED) is 0.168. The van der Waals surface area contributed by atoms with Crippen molar-refractivity contribution in [3.63, 3.8) is 0 Å². The topological polar surface area (TPSA) is 106 Å². The molecule has 57 heavy (non-hydrogen) atoms. The summed E-state index contributed by atoms with van der Waals surface area (Å²) in [5.74, 6) is -0.0425. The first-order chi connectivity index (χ1) is 27.8. The molecular formula is C47H38N4O4S2. The molecule has 8 aromatic rings. The third kappa shape index (κ3) is 6.73. The van der Waals surface area contributed by atoms with Crippen molar-refractivity contribution in [3.05, 3.63) is 221 Å². The van der Waals surface area contributed by atoms with E-state index in [0.29, 0.717) is 0 Å². The Morgan fingerprint density at radius 3 is 1.46 bits per heavy atom. The summed E-state index contributed by atoms with van der Waals surface area (Å²) in [6, 6.07) is 48.9. The van der Waals surface area contributed by atoms with E-state index in [1.54, 1.807) is 36.7 Å². The van der Waals surface area contributed by atoms with E-state index in [0.717, 1.165) is 60.8 Å². The van der Waals surface area contributed by atoms with Gasteiger partial charge in [-0.2, -0.15) is 0 Å². The molecule has 2 atom stereocenters. The van der Waals surface area contributed by atoms with Crippen LogP contribution in [0.1, 0.15) is 51.0 Å². The lowest BCUT2D eigenvalue weighted by Gasteiger charge is -2.34. The first-order valence-corrected chi connectivity index (χ1v) is 21.6. The molecule has 0 saturated carbocycles. The number of aromatic nitrogens is 2. The van der Waals surface area contributed by atoms with Gasteiger partial charge >= 0.3 is 0 Å². The molecule has 4 heterocycles. The summed E-state index contributed by atoms with van der Waals surface area (Å²) in [4.78, 5) is 6.86. The second kappa shape index (κ2) is 14.8. The summed E-state index contributed by atoms with van der Waals surface area (Å²) < 4.78 is 56.9. The number of H-pyrrole nitrogens is 2. The largest absolute Gasteiger partial charge is 0.361 e. The van der Waals surface area contributed by atoms with Gasteiger partial charge in [0.05, 0.1) is 22.7 Å². The van der Waals surface area contributed by atoms with E-state index in [2.05, 4.69) is 9.97 Å². The zero-order valence-electron chi connectivity index (χ0n) is 30.7. The van der Waals surface area contributed by atoms with Crippen LogP contribution in [-0.4, -0.2) is 35.4 Å². The Kier molecular flexibility index (Phi) is 9.36. The molecule has 0 saturated heterocycles. The normalized spacial score (nSPS) is 16.2. The van der Waals surface area contributed by atoms with Crippen LogP contribution in [0.25, 0.3) is 34.0 Å². The molecular weight excluding hydrogens is 749 g/mol. The van der Waals surface area contributed by atoms with Gasteiger partial charge in [-0.15, -0.1) is 0 Å². The fraction of sp³-hybridized carbons (Fsp3) is 0.0638. The molecule has 10 rings (SSSR count). The molecule has 10 heteroatoms. The van der Waals surface area contributed by atoms with E-state index in [1.807, 2.05) is 158 Å². The van der Waals surface area contributed by atoms with Gasteiger partial charge < -0.3 is 9.97 Å². The highest BCUT2D eigenvalue weighted by Gasteiger charge is 2.36. The van der Waals surface area contributed by atoms with Crippen LogP contribution >= 0.6 is 0 Å². The molecule has 8 nitrogen and oxygen atoms in total. The number of hydrogen-bond acceptors (Lipinski definition) is 4. The van der Waals surface area contributed by atoms with E-state index < -0.39 is 32.1 Å². The van der Waals surface area contributed by atoms with Crippen LogP contribution < -0.4 is 0 Å². The molecule has 0 aliphatic carbocycles. The maximum atomic E-state index is 13.5. The summed E-state index contributed by atoms with van der Waals surface area (Å²) in [5.41, 5.74) is 8.66. The van der Waals surface area contributed by atoms with Crippen molar-refractivity contribution in [1.29, 1.82) is 0 Å². The smallest absolute Gasteiger partial charge is 0.264 e. The standard InChI is InChI=1S/C24H20N2O2S.C23H18N2O2S/c27-29(28,17-18-8-2-1-3-9-18)26-15-14-19-10-4-5-11-20(19)24(26)22-16-25-23-13-7-6-12-21(22)23;26-28(27,18-9-2-1-3-10-18)25-15-14-17-8-4-5-11-19(17)23(25)21-16-24-22-13-7-6-12-20(21)22/h1-16,24-25H,17H2;1-16,23-24H.